The highest BCUT2D eigenvalue weighted by Gasteiger charge is 2.01. The van der Waals surface area contributed by atoms with Gasteiger partial charge in [0, 0.05) is 6.61 Å². The lowest BCUT2D eigenvalue weighted by atomic mass is 10.5. The topological polar surface area (TPSA) is 39.9 Å². The number of halogens is 1. The van der Waals surface area contributed by atoms with Crippen molar-refractivity contribution in [2.45, 2.75) is 25.8 Å². The van der Waals surface area contributed by atoms with Crippen LogP contribution in [0.1, 0.15) is 19.2 Å². The molecule has 4 nitrogen and oxygen atoms in total. The Balaban J connectivity index is 2.27. The molecule has 74 valence electrons. The number of rotatable bonds is 6. The molecule has 0 aromatic carbocycles. The first-order chi connectivity index (χ1) is 6.38. The van der Waals surface area contributed by atoms with E-state index in [1.165, 1.54) is 6.33 Å². The second-order valence-corrected chi connectivity index (χ2v) is 2.91. The third kappa shape index (κ3) is 3.32. The third-order valence-electron chi connectivity index (χ3n) is 1.61. The number of hydrogen-bond acceptors (Lipinski definition) is 3. The smallest absolute Gasteiger partial charge is 0.141 e. The first-order valence-electron chi connectivity index (χ1n) is 4.39. The molecule has 5 heteroatoms. The van der Waals surface area contributed by atoms with E-state index in [2.05, 4.69) is 17.0 Å². The van der Waals surface area contributed by atoms with Crippen LogP contribution in [0.15, 0.2) is 6.33 Å². The average molecular weight is 204 g/mol. The Kier molecular flexibility index (Phi) is 4.78. The van der Waals surface area contributed by atoms with Gasteiger partial charge in [0.1, 0.15) is 12.2 Å². The predicted molar refractivity (Wildman–Crippen MR) is 50.7 cm³/mol. The molecule has 0 amide bonds. The van der Waals surface area contributed by atoms with Crippen LogP contribution in [0.5, 0.6) is 0 Å². The van der Waals surface area contributed by atoms with E-state index in [0.717, 1.165) is 25.4 Å². The maximum Gasteiger partial charge on any atom is 0.141 e. The van der Waals surface area contributed by atoms with E-state index in [4.69, 9.17) is 16.3 Å². The maximum absolute atomic E-state index is 5.65. The van der Waals surface area contributed by atoms with Crippen LogP contribution >= 0.6 is 11.6 Å². The molecule has 0 saturated carbocycles. The number of aromatic nitrogens is 3. The van der Waals surface area contributed by atoms with Gasteiger partial charge in [-0.3, -0.25) is 0 Å². The highest BCUT2D eigenvalue weighted by molar-refractivity contribution is 6.16. The molecule has 0 atom stereocenters. The van der Waals surface area contributed by atoms with E-state index in [9.17, 15) is 0 Å². The van der Waals surface area contributed by atoms with E-state index >= 15 is 0 Å². The zero-order valence-electron chi connectivity index (χ0n) is 7.74. The molecule has 0 spiro atoms. The van der Waals surface area contributed by atoms with Gasteiger partial charge in [0.2, 0.25) is 0 Å². The molecule has 13 heavy (non-hydrogen) atoms. The van der Waals surface area contributed by atoms with Gasteiger partial charge >= 0.3 is 0 Å². The van der Waals surface area contributed by atoms with Crippen LogP contribution in [-0.2, 0) is 17.2 Å². The summed E-state index contributed by atoms with van der Waals surface area (Å²) in [6, 6.07) is 0. The summed E-state index contributed by atoms with van der Waals surface area (Å²) in [6.45, 7) is 4.27. The lowest BCUT2D eigenvalue weighted by Gasteiger charge is -2.04. The quantitative estimate of drug-likeness (QED) is 0.519. The Bertz CT molecular complexity index is 239. The fourth-order valence-electron chi connectivity index (χ4n) is 0.976. The van der Waals surface area contributed by atoms with Crippen LogP contribution in [0.3, 0.4) is 0 Å². The van der Waals surface area contributed by atoms with Crippen LogP contribution in [0, 0.1) is 0 Å². The molecule has 0 bridgehead atoms. The highest BCUT2D eigenvalue weighted by Crippen LogP contribution is 1.98. The van der Waals surface area contributed by atoms with Gasteiger partial charge in [-0.1, -0.05) is 6.92 Å². The van der Waals surface area contributed by atoms with Crippen molar-refractivity contribution in [3.05, 3.63) is 12.2 Å². The van der Waals surface area contributed by atoms with Gasteiger partial charge in [0.15, 0.2) is 0 Å². The van der Waals surface area contributed by atoms with Gasteiger partial charge in [-0.2, -0.15) is 5.10 Å². The molecule has 1 aromatic heterocycles. The van der Waals surface area contributed by atoms with Crippen LogP contribution < -0.4 is 0 Å². The lowest BCUT2D eigenvalue weighted by molar-refractivity contribution is 0.124. The van der Waals surface area contributed by atoms with Crippen molar-refractivity contribution in [1.29, 1.82) is 0 Å². The summed E-state index contributed by atoms with van der Waals surface area (Å²) in [6.07, 6.45) is 2.55. The van der Waals surface area contributed by atoms with Crippen molar-refractivity contribution in [3.8, 4) is 0 Å². The number of ether oxygens (including phenoxy) is 1. The first-order valence-corrected chi connectivity index (χ1v) is 4.92. The molecule has 0 aliphatic carbocycles. The molecular formula is C8H14ClN3O. The van der Waals surface area contributed by atoms with E-state index in [1.54, 1.807) is 4.68 Å². The second-order valence-electron chi connectivity index (χ2n) is 2.65. The molecule has 1 rings (SSSR count). The Morgan fingerprint density at radius 2 is 2.38 bits per heavy atom. The van der Waals surface area contributed by atoms with Crippen LogP contribution in [0.4, 0.5) is 0 Å². The Morgan fingerprint density at radius 1 is 1.54 bits per heavy atom. The lowest BCUT2D eigenvalue weighted by Crippen LogP contribution is -2.10. The van der Waals surface area contributed by atoms with Gasteiger partial charge in [-0.15, -0.1) is 11.6 Å². The fraction of sp³-hybridized carbons (Fsp3) is 0.750. The average Bonchev–Trinajstić information content (AvgIpc) is 2.60. The summed E-state index contributed by atoms with van der Waals surface area (Å²) in [5, 5.41) is 4.03. The molecule has 0 unspecified atom stereocenters. The van der Waals surface area contributed by atoms with Crippen LogP contribution in [0.25, 0.3) is 0 Å². The highest BCUT2D eigenvalue weighted by atomic mass is 35.5. The molecule has 0 radical (unpaired) electrons. The molecule has 1 heterocycles. The number of nitrogens with zero attached hydrogens (tertiary/aromatic N) is 3. The Labute approximate surface area is 82.9 Å². The second kappa shape index (κ2) is 5.94. The minimum absolute atomic E-state index is 0.397. The predicted octanol–water partition coefficient (Wildman–Crippen LogP) is 1.44. The summed E-state index contributed by atoms with van der Waals surface area (Å²) in [5.41, 5.74) is 0. The van der Waals surface area contributed by atoms with Gasteiger partial charge in [0.25, 0.3) is 0 Å². The summed E-state index contributed by atoms with van der Waals surface area (Å²) < 4.78 is 7.09. The summed E-state index contributed by atoms with van der Waals surface area (Å²) in [4.78, 5) is 4.00. The van der Waals surface area contributed by atoms with Gasteiger partial charge in [0.05, 0.1) is 19.0 Å². The van der Waals surface area contributed by atoms with Crippen molar-refractivity contribution in [3.63, 3.8) is 0 Å². The van der Waals surface area contributed by atoms with Gasteiger partial charge in [-0.25, -0.2) is 9.67 Å². The summed E-state index contributed by atoms with van der Waals surface area (Å²) >= 11 is 5.65. The number of alkyl halides is 1. The minimum atomic E-state index is 0.397. The standard InChI is InChI=1S/C8H14ClN3O/c1-2-4-13-5-3-12-8(6-9)10-7-11-12/h7H,2-6H2,1H3. The molecule has 0 saturated heterocycles. The zero-order chi connectivity index (χ0) is 9.52. The SMILES string of the molecule is CCCOCCn1ncnc1CCl. The van der Waals surface area contributed by atoms with Crippen LogP contribution in [0.2, 0.25) is 0 Å². The molecule has 0 aliphatic heterocycles. The fourth-order valence-corrected chi connectivity index (χ4v) is 1.18. The van der Waals surface area contributed by atoms with Crippen molar-refractivity contribution in [2.24, 2.45) is 0 Å². The normalized spacial score (nSPS) is 10.6. The largest absolute Gasteiger partial charge is 0.380 e. The van der Waals surface area contributed by atoms with Crippen LogP contribution in [-0.4, -0.2) is 28.0 Å². The zero-order valence-corrected chi connectivity index (χ0v) is 8.50. The van der Waals surface area contributed by atoms with E-state index in [1.807, 2.05) is 0 Å². The van der Waals surface area contributed by atoms with Crippen molar-refractivity contribution in [2.75, 3.05) is 13.2 Å². The third-order valence-corrected chi connectivity index (χ3v) is 1.85. The summed E-state index contributed by atoms with van der Waals surface area (Å²) in [5.74, 6) is 1.19. The minimum Gasteiger partial charge on any atom is -0.380 e. The van der Waals surface area contributed by atoms with Crippen molar-refractivity contribution < 1.29 is 4.74 Å². The molecule has 0 N–H and O–H groups in total. The van der Waals surface area contributed by atoms with E-state index < -0.39 is 0 Å². The Morgan fingerprint density at radius 3 is 3.08 bits per heavy atom. The van der Waals surface area contributed by atoms with Gasteiger partial charge in [-0.05, 0) is 6.42 Å². The monoisotopic (exact) mass is 203 g/mol. The molecular weight excluding hydrogens is 190 g/mol. The van der Waals surface area contributed by atoms with E-state index in [0.29, 0.717) is 12.5 Å². The maximum atomic E-state index is 5.65. The first kappa shape index (κ1) is 10.5. The number of hydrogen-bond donors (Lipinski definition) is 0. The summed E-state index contributed by atoms with van der Waals surface area (Å²) in [7, 11) is 0. The Hall–Kier alpha value is -0.610. The van der Waals surface area contributed by atoms with Gasteiger partial charge < -0.3 is 4.74 Å². The molecule has 0 fully saturated rings. The molecule has 1 aromatic rings. The van der Waals surface area contributed by atoms with Crippen molar-refractivity contribution >= 4 is 11.6 Å². The van der Waals surface area contributed by atoms with E-state index in [-0.39, 0.29) is 0 Å². The van der Waals surface area contributed by atoms with Crippen molar-refractivity contribution in [1.82, 2.24) is 14.8 Å². The molecule has 0 aliphatic rings.